The van der Waals surface area contributed by atoms with Gasteiger partial charge in [0.25, 0.3) is 0 Å². The topological polar surface area (TPSA) is 92.0 Å². The smallest absolute Gasteiger partial charge is 0.205 e. The third kappa shape index (κ3) is 3.60. The number of hydrogen-bond donors (Lipinski definition) is 2. The predicted molar refractivity (Wildman–Crippen MR) is 124 cm³/mol. The molecule has 2 N–H and O–H groups in total. The number of aryl methyl sites for hydroxylation is 1. The zero-order valence-electron chi connectivity index (χ0n) is 18.1. The monoisotopic (exact) mass is 426 g/mol. The van der Waals surface area contributed by atoms with Crippen molar-refractivity contribution in [3.8, 4) is 22.5 Å². The van der Waals surface area contributed by atoms with Crippen LogP contribution in [0.25, 0.3) is 22.5 Å². The van der Waals surface area contributed by atoms with Crippen LogP contribution < -0.4 is 0 Å². The first-order valence-corrected chi connectivity index (χ1v) is 11.1. The van der Waals surface area contributed by atoms with Crippen LogP contribution in [0.15, 0.2) is 65.8 Å². The van der Waals surface area contributed by atoms with E-state index in [1.807, 2.05) is 18.2 Å². The van der Waals surface area contributed by atoms with Crippen LogP contribution in [-0.2, 0) is 6.42 Å². The second kappa shape index (κ2) is 8.78. The number of rotatable bonds is 6. The highest BCUT2D eigenvalue weighted by Gasteiger charge is 2.27. The maximum absolute atomic E-state index is 9.50. The van der Waals surface area contributed by atoms with Crippen LogP contribution in [0.3, 0.4) is 0 Å². The van der Waals surface area contributed by atoms with E-state index in [0.717, 1.165) is 60.2 Å². The van der Waals surface area contributed by atoms with Crippen molar-refractivity contribution in [1.29, 1.82) is 0 Å². The lowest BCUT2D eigenvalue weighted by molar-refractivity contribution is 0.315. The molecule has 162 valence electrons. The van der Waals surface area contributed by atoms with E-state index in [0.29, 0.717) is 5.82 Å². The van der Waals surface area contributed by atoms with Crippen molar-refractivity contribution >= 4 is 5.71 Å². The van der Waals surface area contributed by atoms with E-state index < -0.39 is 0 Å². The van der Waals surface area contributed by atoms with Gasteiger partial charge in [0.05, 0.1) is 11.7 Å². The SMILES string of the molecule is CCCCc1ccc2n1C(c1ccc(-c3ccccc3-c3nn[nH]n3)cc1)CCC2=NO. The van der Waals surface area contributed by atoms with Crippen LogP contribution in [0.1, 0.15) is 55.6 Å². The lowest BCUT2D eigenvalue weighted by Gasteiger charge is -2.29. The summed E-state index contributed by atoms with van der Waals surface area (Å²) in [5.74, 6) is 0.588. The van der Waals surface area contributed by atoms with Gasteiger partial charge >= 0.3 is 0 Å². The maximum atomic E-state index is 9.50. The second-order valence-electron chi connectivity index (χ2n) is 8.19. The molecular weight excluding hydrogens is 400 g/mol. The number of aromatic nitrogens is 5. The number of tetrazole rings is 1. The highest BCUT2D eigenvalue weighted by atomic mass is 16.4. The van der Waals surface area contributed by atoms with Crippen LogP contribution >= 0.6 is 0 Å². The first-order valence-electron chi connectivity index (χ1n) is 11.1. The minimum absolute atomic E-state index is 0.235. The zero-order chi connectivity index (χ0) is 21.9. The Morgan fingerprint density at radius 2 is 1.88 bits per heavy atom. The minimum atomic E-state index is 0.235. The van der Waals surface area contributed by atoms with E-state index >= 15 is 0 Å². The molecule has 7 nitrogen and oxygen atoms in total. The number of aromatic amines is 1. The summed E-state index contributed by atoms with van der Waals surface area (Å²) in [7, 11) is 0. The molecule has 5 rings (SSSR count). The van der Waals surface area contributed by atoms with Crippen LogP contribution in [-0.4, -0.2) is 36.1 Å². The minimum Gasteiger partial charge on any atom is -0.411 e. The van der Waals surface area contributed by atoms with Gasteiger partial charge in [0.2, 0.25) is 5.82 Å². The summed E-state index contributed by atoms with van der Waals surface area (Å²) in [5.41, 5.74) is 7.50. The number of nitrogens with zero attached hydrogens (tertiary/aromatic N) is 5. The summed E-state index contributed by atoms with van der Waals surface area (Å²) in [4.78, 5) is 0. The zero-order valence-corrected chi connectivity index (χ0v) is 18.1. The van der Waals surface area contributed by atoms with Crippen LogP contribution in [0.4, 0.5) is 0 Å². The van der Waals surface area contributed by atoms with Gasteiger partial charge in [-0.15, -0.1) is 10.2 Å². The quantitative estimate of drug-likeness (QED) is 0.326. The van der Waals surface area contributed by atoms with E-state index in [1.54, 1.807) is 0 Å². The van der Waals surface area contributed by atoms with Gasteiger partial charge in [-0.1, -0.05) is 67.0 Å². The fourth-order valence-electron chi connectivity index (χ4n) is 4.69. The molecule has 0 bridgehead atoms. The maximum Gasteiger partial charge on any atom is 0.205 e. The van der Waals surface area contributed by atoms with Crippen molar-refractivity contribution in [3.05, 3.63) is 77.6 Å². The van der Waals surface area contributed by atoms with Gasteiger partial charge in [-0.3, -0.25) is 0 Å². The van der Waals surface area contributed by atoms with Gasteiger partial charge in [0.1, 0.15) is 5.71 Å². The molecule has 1 unspecified atom stereocenters. The summed E-state index contributed by atoms with van der Waals surface area (Å²) < 4.78 is 2.37. The molecule has 1 atom stereocenters. The van der Waals surface area contributed by atoms with E-state index in [2.05, 4.69) is 79.7 Å². The number of unbranched alkanes of at least 4 members (excludes halogenated alkanes) is 1. The van der Waals surface area contributed by atoms with E-state index in [4.69, 9.17) is 0 Å². The normalized spacial score (nSPS) is 16.9. The van der Waals surface area contributed by atoms with Gasteiger partial charge in [0, 0.05) is 11.3 Å². The molecule has 0 fully saturated rings. The number of hydrogen-bond acceptors (Lipinski definition) is 5. The van der Waals surface area contributed by atoms with Crippen molar-refractivity contribution in [3.63, 3.8) is 0 Å². The van der Waals surface area contributed by atoms with Crippen molar-refractivity contribution in [1.82, 2.24) is 25.2 Å². The number of benzene rings is 2. The Morgan fingerprint density at radius 1 is 1.06 bits per heavy atom. The Bertz CT molecular complexity index is 1220. The standard InChI is InChI=1S/C25H26N6O/c1-2-3-6-19-13-15-24-22(28-32)14-16-23(31(19)24)18-11-9-17(10-12-18)20-7-4-5-8-21(20)25-26-29-30-27-25/h4-5,7-13,15,23,32H,2-3,6,14,16H2,1H3,(H,26,27,29,30). The third-order valence-electron chi connectivity index (χ3n) is 6.29. The number of H-pyrrole nitrogens is 1. The van der Waals surface area contributed by atoms with E-state index in [1.165, 1.54) is 11.3 Å². The number of nitrogens with one attached hydrogen (secondary N) is 1. The van der Waals surface area contributed by atoms with Gasteiger partial charge in [-0.25, -0.2) is 0 Å². The molecule has 4 aromatic rings. The summed E-state index contributed by atoms with van der Waals surface area (Å²) in [5, 5.41) is 27.6. The second-order valence-corrected chi connectivity index (χ2v) is 8.19. The molecule has 0 saturated carbocycles. The van der Waals surface area contributed by atoms with Gasteiger partial charge in [-0.05, 0) is 59.7 Å². The molecule has 2 aromatic carbocycles. The predicted octanol–water partition coefficient (Wildman–Crippen LogP) is 5.24. The highest BCUT2D eigenvalue weighted by molar-refractivity contribution is 5.99. The third-order valence-corrected chi connectivity index (χ3v) is 6.29. The van der Waals surface area contributed by atoms with Crippen LogP contribution in [0.5, 0.6) is 0 Å². The molecule has 0 saturated heterocycles. The largest absolute Gasteiger partial charge is 0.411 e. The van der Waals surface area contributed by atoms with Crippen molar-refractivity contribution in [2.45, 2.75) is 45.1 Å². The summed E-state index contributed by atoms with van der Waals surface area (Å²) >= 11 is 0. The summed E-state index contributed by atoms with van der Waals surface area (Å²) in [6, 6.07) is 21.4. The Morgan fingerprint density at radius 3 is 2.59 bits per heavy atom. The van der Waals surface area contributed by atoms with Crippen LogP contribution in [0.2, 0.25) is 0 Å². The summed E-state index contributed by atoms with van der Waals surface area (Å²) in [6.07, 6.45) is 5.01. The first kappa shape index (κ1) is 20.2. The first-order chi connectivity index (χ1) is 15.8. The van der Waals surface area contributed by atoms with Crippen molar-refractivity contribution in [2.75, 3.05) is 0 Å². The average Bonchev–Trinajstić information content (AvgIpc) is 3.53. The fourth-order valence-corrected chi connectivity index (χ4v) is 4.69. The molecule has 0 spiro atoms. The molecule has 1 aliphatic rings. The summed E-state index contributed by atoms with van der Waals surface area (Å²) in [6.45, 7) is 2.21. The number of oxime groups is 1. The molecule has 1 aliphatic heterocycles. The molecule has 0 aliphatic carbocycles. The average molecular weight is 427 g/mol. The Kier molecular flexibility index (Phi) is 5.54. The number of fused-ring (bicyclic) bond motifs is 1. The van der Waals surface area contributed by atoms with Gasteiger partial charge in [0.15, 0.2) is 0 Å². The Labute approximate surface area is 186 Å². The highest BCUT2D eigenvalue weighted by Crippen LogP contribution is 2.36. The molecule has 7 heteroatoms. The van der Waals surface area contributed by atoms with Crippen molar-refractivity contribution < 1.29 is 5.21 Å². The van der Waals surface area contributed by atoms with Crippen molar-refractivity contribution in [2.24, 2.45) is 5.16 Å². The molecule has 0 radical (unpaired) electrons. The van der Waals surface area contributed by atoms with E-state index in [9.17, 15) is 5.21 Å². The Hall–Kier alpha value is -3.74. The lowest BCUT2D eigenvalue weighted by Crippen LogP contribution is -2.25. The molecule has 32 heavy (non-hydrogen) atoms. The molecular formula is C25H26N6O. The molecule has 0 amide bonds. The lowest BCUT2D eigenvalue weighted by atomic mass is 9.92. The molecule has 3 heterocycles. The van der Waals surface area contributed by atoms with Gasteiger partial charge in [-0.2, -0.15) is 5.21 Å². The Balaban J connectivity index is 1.50. The van der Waals surface area contributed by atoms with Crippen LogP contribution in [0, 0.1) is 0 Å². The van der Waals surface area contributed by atoms with E-state index in [-0.39, 0.29) is 6.04 Å². The van der Waals surface area contributed by atoms with Gasteiger partial charge < -0.3 is 9.77 Å². The molecule has 2 aromatic heterocycles. The fraction of sp³-hybridized carbons (Fsp3) is 0.280.